The maximum absolute atomic E-state index is 14.3. The number of fused-ring (bicyclic) bond motifs is 1. The zero-order chi connectivity index (χ0) is 40.4. The van der Waals surface area contributed by atoms with E-state index in [2.05, 4.69) is 22.0 Å². The number of carbonyl (C=O) groups excluding carboxylic acids is 3. The van der Waals surface area contributed by atoms with Gasteiger partial charge in [-0.3, -0.25) is 14.6 Å². The molecule has 56 heavy (non-hydrogen) atoms. The number of piperazine rings is 1. The number of nitrogens with one attached hydrogen (secondary N) is 1. The van der Waals surface area contributed by atoms with E-state index in [0.717, 1.165) is 28.9 Å². The summed E-state index contributed by atoms with van der Waals surface area (Å²) in [5.41, 5.74) is 2.60. The summed E-state index contributed by atoms with van der Waals surface area (Å²) < 4.78 is 30.1. The van der Waals surface area contributed by atoms with E-state index in [0.29, 0.717) is 50.5 Å². The fourth-order valence-electron chi connectivity index (χ4n) is 7.97. The molecule has 2 N–H and O–H groups in total. The third-order valence-electron chi connectivity index (χ3n) is 11.1. The van der Waals surface area contributed by atoms with Crippen LogP contribution in [0.1, 0.15) is 68.6 Å². The van der Waals surface area contributed by atoms with Crippen molar-refractivity contribution in [2.45, 2.75) is 83.3 Å². The first-order valence-electron chi connectivity index (χ1n) is 19.4. The molecular formula is C43H56FN5O7. The van der Waals surface area contributed by atoms with Crippen molar-refractivity contribution in [3.05, 3.63) is 94.8 Å². The van der Waals surface area contributed by atoms with Crippen molar-refractivity contribution in [3.8, 4) is 0 Å². The molecule has 0 aromatic heterocycles. The summed E-state index contributed by atoms with van der Waals surface area (Å²) in [4.78, 5) is 48.0. The summed E-state index contributed by atoms with van der Waals surface area (Å²) in [5, 5.41) is 15.3. The number of anilines is 2. The summed E-state index contributed by atoms with van der Waals surface area (Å²) in [5.74, 6) is -1.03. The Bertz CT molecular complexity index is 1870. The number of morpholine rings is 1. The Balaban J connectivity index is 1.28. The van der Waals surface area contributed by atoms with Crippen molar-refractivity contribution in [1.82, 2.24) is 14.7 Å². The molecule has 6 rings (SSSR count). The second-order valence-electron chi connectivity index (χ2n) is 16.6. The topological polar surface area (TPSA) is 124 Å². The van der Waals surface area contributed by atoms with Crippen LogP contribution in [0.5, 0.6) is 0 Å². The number of methoxy groups -OCH3 is 1. The molecule has 0 radical (unpaired) electrons. The van der Waals surface area contributed by atoms with Crippen molar-refractivity contribution in [2.24, 2.45) is 0 Å². The minimum Gasteiger partial charge on any atom is -0.465 e. The lowest BCUT2D eigenvalue weighted by Crippen LogP contribution is -2.65. The Morgan fingerprint density at radius 2 is 1.68 bits per heavy atom. The highest BCUT2D eigenvalue weighted by Crippen LogP contribution is 2.43. The molecule has 0 bridgehead atoms. The second kappa shape index (κ2) is 16.9. The zero-order valence-corrected chi connectivity index (χ0v) is 33.6. The van der Waals surface area contributed by atoms with Crippen LogP contribution in [0.15, 0.2) is 66.7 Å². The Kier molecular flexibility index (Phi) is 12.4. The van der Waals surface area contributed by atoms with E-state index in [9.17, 15) is 23.9 Å². The molecule has 2 fully saturated rings. The van der Waals surface area contributed by atoms with Gasteiger partial charge >= 0.3 is 12.1 Å². The molecule has 3 aromatic rings. The van der Waals surface area contributed by atoms with Gasteiger partial charge in [0.2, 0.25) is 5.91 Å². The predicted octanol–water partition coefficient (Wildman–Crippen LogP) is 5.27. The van der Waals surface area contributed by atoms with Crippen molar-refractivity contribution in [1.29, 1.82) is 0 Å². The van der Waals surface area contributed by atoms with Gasteiger partial charge in [-0.25, -0.2) is 14.0 Å². The van der Waals surface area contributed by atoms with E-state index in [1.807, 2.05) is 57.7 Å². The molecule has 2 amide bonds. The van der Waals surface area contributed by atoms with Crippen LogP contribution in [0.3, 0.4) is 0 Å². The number of halogens is 1. The van der Waals surface area contributed by atoms with Gasteiger partial charge < -0.3 is 34.4 Å². The van der Waals surface area contributed by atoms with E-state index in [-0.39, 0.29) is 49.0 Å². The average molecular weight is 774 g/mol. The summed E-state index contributed by atoms with van der Waals surface area (Å²) in [7, 11) is 1.32. The monoisotopic (exact) mass is 773 g/mol. The van der Waals surface area contributed by atoms with Gasteiger partial charge in [-0.15, -0.1) is 0 Å². The molecule has 2 saturated heterocycles. The lowest BCUT2D eigenvalue weighted by molar-refractivity contribution is -0.120. The van der Waals surface area contributed by atoms with Crippen LogP contribution in [-0.2, 0) is 30.8 Å². The average Bonchev–Trinajstić information content (AvgIpc) is 3.46. The standard InChI is InChI=1S/C43H56FN5O7/c1-28-22-47(35(23-46-18-19-55-26-29(46)2)24-48(28)41(53)56-42(3,4)5)25-38(50)49-27-43(6,40(52)45-34-15-11-32(12-16-34)39(51)54-7)36-17-10-31(21-37(36)49)20-30-8-13-33(44)14-9-30/h8-17,21,28-29,35,38,50H,18-20,22-27H2,1-7H3,(H,45,52)/t28-,29-,35+,38?,43?/m1/s1. The van der Waals surface area contributed by atoms with Crippen LogP contribution < -0.4 is 10.2 Å². The highest BCUT2D eigenvalue weighted by atomic mass is 19.1. The summed E-state index contributed by atoms with van der Waals surface area (Å²) in [6, 6.07) is 18.8. The molecule has 0 aliphatic carbocycles. The number of nitrogens with zero attached hydrogens (tertiary/aromatic N) is 4. The number of rotatable bonds is 10. The lowest BCUT2D eigenvalue weighted by Gasteiger charge is -2.48. The van der Waals surface area contributed by atoms with Crippen LogP contribution >= 0.6 is 0 Å². The molecule has 3 aliphatic rings. The highest BCUT2D eigenvalue weighted by molar-refractivity contribution is 6.02. The fraction of sp³-hybridized carbons (Fsp3) is 0.512. The number of carbonyl (C=O) groups is 3. The molecule has 0 saturated carbocycles. The number of hydrogen-bond acceptors (Lipinski definition) is 10. The first kappa shape index (κ1) is 41.1. The number of esters is 1. The molecule has 0 spiro atoms. The van der Waals surface area contributed by atoms with E-state index < -0.39 is 23.2 Å². The van der Waals surface area contributed by atoms with Gasteiger partial charge in [0.15, 0.2) is 0 Å². The van der Waals surface area contributed by atoms with Gasteiger partial charge in [-0.05, 0) is 107 Å². The molecule has 302 valence electrons. The molecular weight excluding hydrogens is 717 g/mol. The van der Waals surface area contributed by atoms with Crippen LogP contribution in [0, 0.1) is 5.82 Å². The first-order chi connectivity index (χ1) is 26.5. The zero-order valence-electron chi connectivity index (χ0n) is 33.6. The lowest BCUT2D eigenvalue weighted by atomic mass is 9.83. The number of aliphatic hydroxyl groups excluding tert-OH is 1. The Labute approximate surface area is 329 Å². The normalized spacial score (nSPS) is 23.7. The van der Waals surface area contributed by atoms with Crippen molar-refractivity contribution in [2.75, 3.05) is 69.8 Å². The maximum atomic E-state index is 14.3. The van der Waals surface area contributed by atoms with Crippen LogP contribution in [0.2, 0.25) is 0 Å². The highest BCUT2D eigenvalue weighted by Gasteiger charge is 2.48. The number of ether oxygens (including phenoxy) is 3. The molecule has 3 heterocycles. The van der Waals surface area contributed by atoms with Gasteiger partial charge in [0, 0.05) is 68.8 Å². The quantitative estimate of drug-likeness (QED) is 0.264. The third kappa shape index (κ3) is 9.34. The van der Waals surface area contributed by atoms with Gasteiger partial charge in [-0.1, -0.05) is 24.3 Å². The summed E-state index contributed by atoms with van der Waals surface area (Å²) >= 11 is 0. The Hall–Kier alpha value is -4.56. The summed E-state index contributed by atoms with van der Waals surface area (Å²) in [6.07, 6.45) is -0.820. The van der Waals surface area contributed by atoms with Gasteiger partial charge in [0.1, 0.15) is 17.6 Å². The molecule has 3 aliphatic heterocycles. The number of β-amino-alcohol motifs (C(OH)–C–C–N with tert-alkyl or cyclic N) is 1. The minimum atomic E-state index is -1.06. The molecule has 12 nitrogen and oxygen atoms in total. The van der Waals surface area contributed by atoms with E-state index in [4.69, 9.17) is 14.2 Å². The molecule has 5 atom stereocenters. The Morgan fingerprint density at radius 1 is 0.982 bits per heavy atom. The predicted molar refractivity (Wildman–Crippen MR) is 212 cm³/mol. The van der Waals surface area contributed by atoms with Crippen LogP contribution in [0.25, 0.3) is 0 Å². The maximum Gasteiger partial charge on any atom is 0.410 e. The second-order valence-corrected chi connectivity index (χ2v) is 16.6. The number of hydrogen-bond donors (Lipinski definition) is 2. The Morgan fingerprint density at radius 3 is 2.34 bits per heavy atom. The van der Waals surface area contributed by atoms with Crippen LogP contribution in [-0.4, -0.2) is 127 Å². The van der Waals surface area contributed by atoms with Crippen molar-refractivity contribution < 1.29 is 38.1 Å². The summed E-state index contributed by atoms with van der Waals surface area (Å²) in [6.45, 7) is 15.7. The largest absolute Gasteiger partial charge is 0.465 e. The third-order valence-corrected chi connectivity index (χ3v) is 11.1. The number of amides is 2. The van der Waals surface area contributed by atoms with Gasteiger partial charge in [-0.2, -0.15) is 0 Å². The van der Waals surface area contributed by atoms with E-state index in [1.165, 1.54) is 19.2 Å². The smallest absolute Gasteiger partial charge is 0.410 e. The van der Waals surface area contributed by atoms with Crippen LogP contribution in [0.4, 0.5) is 20.6 Å². The number of aliphatic hydroxyl groups is 1. The number of benzene rings is 3. The SMILES string of the molecule is COC(=O)c1ccc(NC(=O)C2(C)CN(C(O)CN3C[C@@H](C)N(C(=O)OC(C)(C)C)C[C@@H]3CN3CCOC[C@H]3C)c3cc(Cc4ccc(F)cc4)ccc32)cc1. The first-order valence-corrected chi connectivity index (χ1v) is 19.4. The fourth-order valence-corrected chi connectivity index (χ4v) is 7.97. The van der Waals surface area contributed by atoms with Crippen molar-refractivity contribution >= 4 is 29.3 Å². The van der Waals surface area contributed by atoms with Gasteiger partial charge in [0.05, 0.1) is 31.3 Å². The minimum absolute atomic E-state index is 0.108. The molecule has 2 unspecified atom stereocenters. The molecule has 13 heteroatoms. The van der Waals surface area contributed by atoms with Crippen molar-refractivity contribution in [3.63, 3.8) is 0 Å². The van der Waals surface area contributed by atoms with Gasteiger partial charge in [0.25, 0.3) is 0 Å². The van der Waals surface area contributed by atoms with E-state index in [1.54, 1.807) is 41.3 Å². The molecule has 3 aromatic carbocycles. The van der Waals surface area contributed by atoms with E-state index >= 15 is 0 Å².